The summed E-state index contributed by atoms with van der Waals surface area (Å²) in [6.45, 7) is 0.217. The van der Waals surface area contributed by atoms with Crippen LogP contribution in [0, 0.1) is 0 Å². The first-order chi connectivity index (χ1) is 14.0. The van der Waals surface area contributed by atoms with E-state index < -0.39 is 17.8 Å². The Balaban J connectivity index is 1.66. The molecule has 0 spiro atoms. The summed E-state index contributed by atoms with van der Waals surface area (Å²) in [4.78, 5) is 38.0. The Hall–Kier alpha value is -3.16. The Labute approximate surface area is 174 Å². The number of amides is 2. The predicted octanol–water partition coefficient (Wildman–Crippen LogP) is 4.41. The van der Waals surface area contributed by atoms with E-state index in [4.69, 9.17) is 16.3 Å². The molecule has 2 amide bonds. The minimum atomic E-state index is -1.20. The fraction of sp³-hybridized carbons (Fsp3) is 0.0952. The number of fused-ring (bicyclic) bond motifs is 1. The fourth-order valence-corrected chi connectivity index (χ4v) is 4.23. The number of rotatable bonds is 5. The van der Waals surface area contributed by atoms with Crippen LogP contribution in [0.15, 0.2) is 53.9 Å². The lowest BCUT2D eigenvalue weighted by atomic mass is 10.00. The van der Waals surface area contributed by atoms with Gasteiger partial charge in [-0.1, -0.05) is 35.9 Å². The summed E-state index contributed by atoms with van der Waals surface area (Å²) in [5.74, 6) is -1.66. The summed E-state index contributed by atoms with van der Waals surface area (Å²) < 4.78 is 5.71. The standard InChI is InChI=1S/C21H14ClNO5S/c22-15-7-6-12(10-28-14-4-2-1-3-5-14)8-16(15)23-17(24)9-13-11-29-19(21(26)27)18(13)20(23)25/h1-8,11H,9-10H2,(H,26,27). The maximum atomic E-state index is 13.0. The van der Waals surface area contributed by atoms with Gasteiger partial charge in [-0.2, -0.15) is 0 Å². The lowest BCUT2D eigenvalue weighted by Crippen LogP contribution is -2.42. The number of anilines is 1. The van der Waals surface area contributed by atoms with Gasteiger partial charge in [-0.3, -0.25) is 9.59 Å². The molecule has 0 atom stereocenters. The second-order valence-corrected chi connectivity index (χ2v) is 7.66. The van der Waals surface area contributed by atoms with Crippen LogP contribution in [0.2, 0.25) is 5.02 Å². The number of para-hydroxylation sites is 1. The van der Waals surface area contributed by atoms with Crippen molar-refractivity contribution in [3.63, 3.8) is 0 Å². The third-order valence-electron chi connectivity index (χ3n) is 4.47. The molecule has 1 N–H and O–H groups in total. The van der Waals surface area contributed by atoms with Crippen LogP contribution in [0.4, 0.5) is 5.69 Å². The Morgan fingerprint density at radius 2 is 1.93 bits per heavy atom. The van der Waals surface area contributed by atoms with E-state index in [1.54, 1.807) is 18.2 Å². The van der Waals surface area contributed by atoms with Crippen LogP contribution in [-0.2, 0) is 17.8 Å². The van der Waals surface area contributed by atoms with E-state index in [-0.39, 0.29) is 34.2 Å². The summed E-state index contributed by atoms with van der Waals surface area (Å²) in [6, 6.07) is 14.2. The molecule has 29 heavy (non-hydrogen) atoms. The Morgan fingerprint density at radius 3 is 2.66 bits per heavy atom. The van der Waals surface area contributed by atoms with Crippen molar-refractivity contribution in [1.82, 2.24) is 0 Å². The third-order valence-corrected chi connectivity index (χ3v) is 5.81. The number of carbonyl (C=O) groups excluding carboxylic acids is 2. The van der Waals surface area contributed by atoms with E-state index in [2.05, 4.69) is 0 Å². The van der Waals surface area contributed by atoms with E-state index in [1.165, 1.54) is 5.38 Å². The highest BCUT2D eigenvalue weighted by Gasteiger charge is 2.37. The minimum absolute atomic E-state index is 0.0455. The van der Waals surface area contributed by atoms with Gasteiger partial charge >= 0.3 is 5.97 Å². The molecule has 1 aromatic heterocycles. The van der Waals surface area contributed by atoms with Gasteiger partial charge in [-0.15, -0.1) is 11.3 Å². The van der Waals surface area contributed by atoms with Crippen LogP contribution in [0.25, 0.3) is 0 Å². The normalized spacial score (nSPS) is 13.3. The molecule has 2 aromatic carbocycles. The van der Waals surface area contributed by atoms with Crippen molar-refractivity contribution in [2.75, 3.05) is 4.90 Å². The van der Waals surface area contributed by atoms with Gasteiger partial charge in [0.05, 0.1) is 22.7 Å². The molecule has 1 aliphatic heterocycles. The second kappa shape index (κ2) is 7.69. The van der Waals surface area contributed by atoms with E-state index in [0.717, 1.165) is 16.2 Å². The van der Waals surface area contributed by atoms with Crippen molar-refractivity contribution in [2.24, 2.45) is 0 Å². The number of carboxylic acid groups (broad SMARTS) is 1. The molecule has 0 saturated heterocycles. The minimum Gasteiger partial charge on any atom is -0.489 e. The first-order valence-corrected chi connectivity index (χ1v) is 9.88. The molecule has 3 aromatic rings. The van der Waals surface area contributed by atoms with Crippen LogP contribution in [0.5, 0.6) is 5.75 Å². The number of imide groups is 1. The first kappa shape index (κ1) is 19.2. The second-order valence-electron chi connectivity index (χ2n) is 6.37. The molecular formula is C21H14ClNO5S. The topological polar surface area (TPSA) is 83.9 Å². The molecule has 4 rings (SSSR count). The third kappa shape index (κ3) is 3.62. The molecule has 0 radical (unpaired) electrons. The molecule has 0 bridgehead atoms. The highest BCUT2D eigenvalue weighted by molar-refractivity contribution is 7.12. The summed E-state index contributed by atoms with van der Waals surface area (Å²) >= 11 is 7.22. The smallest absolute Gasteiger partial charge is 0.346 e. The van der Waals surface area contributed by atoms with Crippen LogP contribution in [0.1, 0.15) is 31.2 Å². The van der Waals surface area contributed by atoms with Gasteiger partial charge in [-0.05, 0) is 40.8 Å². The average Bonchev–Trinajstić information content (AvgIpc) is 3.13. The number of nitrogens with zero attached hydrogens (tertiary/aromatic N) is 1. The average molecular weight is 428 g/mol. The van der Waals surface area contributed by atoms with E-state index in [9.17, 15) is 19.5 Å². The van der Waals surface area contributed by atoms with Crippen molar-refractivity contribution < 1.29 is 24.2 Å². The van der Waals surface area contributed by atoms with Gasteiger partial charge in [-0.25, -0.2) is 9.69 Å². The number of carbonyl (C=O) groups is 3. The monoisotopic (exact) mass is 427 g/mol. The van der Waals surface area contributed by atoms with Gasteiger partial charge in [0, 0.05) is 0 Å². The molecule has 6 nitrogen and oxygen atoms in total. The van der Waals surface area contributed by atoms with Gasteiger partial charge in [0.1, 0.15) is 17.2 Å². The van der Waals surface area contributed by atoms with Crippen molar-refractivity contribution in [3.8, 4) is 5.75 Å². The number of aromatic carboxylic acids is 1. The van der Waals surface area contributed by atoms with Crippen molar-refractivity contribution in [3.05, 3.63) is 80.5 Å². The highest BCUT2D eigenvalue weighted by Crippen LogP contribution is 2.35. The largest absolute Gasteiger partial charge is 0.489 e. The number of benzene rings is 2. The number of hydrogen-bond acceptors (Lipinski definition) is 5. The SMILES string of the molecule is O=C(O)c1scc2c1C(=O)N(c1cc(COc3ccccc3)ccc1Cl)C(=O)C2. The van der Waals surface area contributed by atoms with E-state index >= 15 is 0 Å². The van der Waals surface area contributed by atoms with Crippen LogP contribution >= 0.6 is 22.9 Å². The molecule has 0 aliphatic carbocycles. The highest BCUT2D eigenvalue weighted by atomic mass is 35.5. The summed E-state index contributed by atoms with van der Waals surface area (Å²) in [6.07, 6.45) is -0.0636. The van der Waals surface area contributed by atoms with Crippen LogP contribution < -0.4 is 9.64 Å². The number of carboxylic acids is 1. The van der Waals surface area contributed by atoms with Crippen LogP contribution in [-0.4, -0.2) is 22.9 Å². The van der Waals surface area contributed by atoms with Crippen molar-refractivity contribution >= 4 is 46.4 Å². The molecule has 1 aliphatic rings. The Morgan fingerprint density at radius 1 is 1.17 bits per heavy atom. The van der Waals surface area contributed by atoms with Crippen LogP contribution in [0.3, 0.4) is 0 Å². The maximum Gasteiger partial charge on any atom is 0.346 e. The maximum absolute atomic E-state index is 13.0. The van der Waals surface area contributed by atoms with Gasteiger partial charge < -0.3 is 9.84 Å². The fourth-order valence-electron chi connectivity index (χ4n) is 3.13. The summed E-state index contributed by atoms with van der Waals surface area (Å²) in [5.41, 5.74) is 1.40. The predicted molar refractivity (Wildman–Crippen MR) is 109 cm³/mol. The first-order valence-electron chi connectivity index (χ1n) is 8.63. The quantitative estimate of drug-likeness (QED) is 0.610. The van der Waals surface area contributed by atoms with Gasteiger partial charge in [0.15, 0.2) is 0 Å². The zero-order chi connectivity index (χ0) is 20.5. The lowest BCUT2D eigenvalue weighted by molar-refractivity contribution is -0.117. The Bertz CT molecular complexity index is 1130. The molecular weight excluding hydrogens is 414 g/mol. The molecule has 2 heterocycles. The van der Waals surface area contributed by atoms with Gasteiger partial charge in [0.2, 0.25) is 5.91 Å². The lowest BCUT2D eigenvalue weighted by Gasteiger charge is -2.26. The Kier molecular flexibility index (Phi) is 5.08. The zero-order valence-corrected chi connectivity index (χ0v) is 16.5. The number of ether oxygens (including phenoxy) is 1. The summed E-state index contributed by atoms with van der Waals surface area (Å²) in [7, 11) is 0. The van der Waals surface area contributed by atoms with Crippen molar-refractivity contribution in [1.29, 1.82) is 0 Å². The molecule has 0 saturated carbocycles. The number of halogens is 1. The van der Waals surface area contributed by atoms with E-state index in [0.29, 0.717) is 16.9 Å². The van der Waals surface area contributed by atoms with Crippen molar-refractivity contribution in [2.45, 2.75) is 13.0 Å². The molecule has 0 unspecified atom stereocenters. The molecule has 0 fully saturated rings. The zero-order valence-electron chi connectivity index (χ0n) is 14.9. The number of hydrogen-bond donors (Lipinski definition) is 1. The summed E-state index contributed by atoms with van der Waals surface area (Å²) in [5, 5.41) is 11.1. The van der Waals surface area contributed by atoms with E-state index in [1.807, 2.05) is 30.3 Å². The van der Waals surface area contributed by atoms with Gasteiger partial charge in [0.25, 0.3) is 5.91 Å². The molecule has 146 valence electrons. The number of thiophene rings is 1. The molecule has 8 heteroatoms.